The van der Waals surface area contributed by atoms with Gasteiger partial charge < -0.3 is 5.32 Å². The molecule has 0 radical (unpaired) electrons. The number of anilines is 2. The minimum absolute atomic E-state index is 0.192. The van der Waals surface area contributed by atoms with Crippen molar-refractivity contribution < 1.29 is 19.2 Å². The lowest BCUT2D eigenvalue weighted by Gasteiger charge is -2.17. The van der Waals surface area contributed by atoms with Crippen LogP contribution in [0.1, 0.15) is 39.6 Å². The predicted octanol–water partition coefficient (Wildman–Crippen LogP) is 3.37. The van der Waals surface area contributed by atoms with E-state index in [-0.39, 0.29) is 28.4 Å². The number of rotatable bonds is 4. The first-order valence-electron chi connectivity index (χ1n) is 7.87. The lowest BCUT2D eigenvalue weighted by atomic mass is 10.1. The molecule has 0 saturated heterocycles. The number of nitrogens with one attached hydrogen (secondary N) is 1. The summed E-state index contributed by atoms with van der Waals surface area (Å²) >= 11 is 6.07. The van der Waals surface area contributed by atoms with E-state index in [1.807, 2.05) is 0 Å². The number of nitrogens with zero attached hydrogens (tertiary/aromatic N) is 1. The summed E-state index contributed by atoms with van der Waals surface area (Å²) in [5, 5.41) is 2.84. The van der Waals surface area contributed by atoms with Gasteiger partial charge in [-0.2, -0.15) is 0 Å². The van der Waals surface area contributed by atoms with E-state index in [2.05, 4.69) is 5.32 Å². The van der Waals surface area contributed by atoms with E-state index in [9.17, 15) is 19.2 Å². The molecular weight excluding hydrogens is 356 g/mol. The van der Waals surface area contributed by atoms with Gasteiger partial charge in [-0.25, -0.2) is 4.90 Å². The molecule has 0 atom stereocenters. The van der Waals surface area contributed by atoms with Crippen LogP contribution in [-0.2, 0) is 9.59 Å². The van der Waals surface area contributed by atoms with E-state index < -0.39 is 17.7 Å². The number of amides is 3. The van der Waals surface area contributed by atoms with Crippen LogP contribution in [0.4, 0.5) is 11.4 Å². The molecule has 7 heteroatoms. The lowest BCUT2D eigenvalue weighted by molar-refractivity contribution is -0.124. The molecule has 26 heavy (non-hydrogen) atoms. The van der Waals surface area contributed by atoms with Gasteiger partial charge in [-0.3, -0.25) is 19.2 Å². The zero-order valence-electron chi connectivity index (χ0n) is 14.1. The number of Topliss-reactive ketones (excluding diaryl/α,β-unsaturated/α-hetero) is 1. The summed E-state index contributed by atoms with van der Waals surface area (Å²) in [4.78, 5) is 49.1. The Morgan fingerprint density at radius 3 is 2.46 bits per heavy atom. The van der Waals surface area contributed by atoms with Crippen LogP contribution in [0.25, 0.3) is 0 Å². The fourth-order valence-corrected chi connectivity index (χ4v) is 3.13. The quantitative estimate of drug-likeness (QED) is 0.660. The highest BCUT2D eigenvalue weighted by Crippen LogP contribution is 2.34. The summed E-state index contributed by atoms with van der Waals surface area (Å²) in [6.45, 7) is 3.06. The number of imide groups is 1. The fourth-order valence-electron chi connectivity index (χ4n) is 2.88. The third-order valence-corrected chi connectivity index (χ3v) is 4.31. The largest absolute Gasteiger partial charge is 0.326 e. The molecule has 1 aliphatic rings. The molecule has 0 unspecified atom stereocenters. The van der Waals surface area contributed by atoms with Gasteiger partial charge in [0.25, 0.3) is 11.8 Å². The molecule has 2 aromatic rings. The van der Waals surface area contributed by atoms with Crippen molar-refractivity contribution >= 4 is 46.5 Å². The average Bonchev–Trinajstić information content (AvgIpc) is 2.80. The number of carbonyl (C=O) groups is 4. The number of hydrogen-bond acceptors (Lipinski definition) is 4. The third kappa shape index (κ3) is 3.11. The summed E-state index contributed by atoms with van der Waals surface area (Å²) < 4.78 is 0. The van der Waals surface area contributed by atoms with Crippen molar-refractivity contribution in [1.82, 2.24) is 0 Å². The van der Waals surface area contributed by atoms with Crippen LogP contribution in [0.3, 0.4) is 0 Å². The van der Waals surface area contributed by atoms with Crippen LogP contribution in [0, 0.1) is 6.92 Å². The molecular formula is C19H15ClN2O4. The van der Waals surface area contributed by atoms with Crippen molar-refractivity contribution in [3.05, 3.63) is 58.1 Å². The lowest BCUT2D eigenvalue weighted by Crippen LogP contribution is -2.30. The highest BCUT2D eigenvalue weighted by Gasteiger charge is 2.38. The highest BCUT2D eigenvalue weighted by molar-refractivity contribution is 6.42. The van der Waals surface area contributed by atoms with E-state index in [4.69, 9.17) is 11.6 Å². The summed E-state index contributed by atoms with van der Waals surface area (Å²) in [6.07, 6.45) is -0.211. The zero-order valence-corrected chi connectivity index (χ0v) is 14.9. The van der Waals surface area contributed by atoms with E-state index >= 15 is 0 Å². The van der Waals surface area contributed by atoms with Crippen LogP contribution in [0.2, 0.25) is 5.02 Å². The van der Waals surface area contributed by atoms with E-state index in [1.54, 1.807) is 43.3 Å². The van der Waals surface area contributed by atoms with Gasteiger partial charge in [0.1, 0.15) is 5.78 Å². The molecule has 132 valence electrons. The molecule has 0 spiro atoms. The molecule has 2 aromatic carbocycles. The molecule has 3 amide bonds. The Labute approximate surface area is 154 Å². The molecule has 0 bridgehead atoms. The minimum Gasteiger partial charge on any atom is -0.326 e. The summed E-state index contributed by atoms with van der Waals surface area (Å²) in [5.41, 5.74) is 1.97. The maximum absolute atomic E-state index is 12.7. The molecule has 0 saturated carbocycles. The van der Waals surface area contributed by atoms with Crippen LogP contribution in [-0.4, -0.2) is 23.5 Å². The Kier molecular flexibility index (Phi) is 4.61. The van der Waals surface area contributed by atoms with E-state index in [0.717, 1.165) is 4.90 Å². The molecule has 0 aromatic heterocycles. The molecule has 0 fully saturated rings. The van der Waals surface area contributed by atoms with Crippen LogP contribution in [0.15, 0.2) is 36.4 Å². The number of hydrogen-bond donors (Lipinski definition) is 1. The SMILES string of the molecule is CC(=O)CC(=O)Nc1ccc(N2C(=O)c3cccc(Cl)c3C2=O)c(C)c1. The molecule has 1 heterocycles. The van der Waals surface area contributed by atoms with E-state index in [1.165, 1.54) is 6.92 Å². The van der Waals surface area contributed by atoms with Gasteiger partial charge in [0.05, 0.1) is 28.3 Å². The summed E-state index contributed by atoms with van der Waals surface area (Å²) in [7, 11) is 0. The number of ketones is 1. The first kappa shape index (κ1) is 17.8. The van der Waals surface area contributed by atoms with Gasteiger partial charge in [-0.05, 0) is 49.7 Å². The maximum atomic E-state index is 12.7. The first-order chi connectivity index (χ1) is 12.3. The zero-order chi connectivity index (χ0) is 19.0. The Balaban J connectivity index is 1.91. The predicted molar refractivity (Wildman–Crippen MR) is 97.7 cm³/mol. The Morgan fingerprint density at radius 1 is 1.12 bits per heavy atom. The van der Waals surface area contributed by atoms with Crippen molar-refractivity contribution in [2.24, 2.45) is 0 Å². The smallest absolute Gasteiger partial charge is 0.267 e. The minimum atomic E-state index is -0.480. The first-order valence-corrected chi connectivity index (χ1v) is 8.24. The number of fused-ring (bicyclic) bond motifs is 1. The second-order valence-electron chi connectivity index (χ2n) is 6.04. The average molecular weight is 371 g/mol. The van der Waals surface area contributed by atoms with Gasteiger partial charge in [-0.15, -0.1) is 0 Å². The normalized spacial score (nSPS) is 13.0. The van der Waals surface area contributed by atoms with Crippen molar-refractivity contribution in [3.8, 4) is 0 Å². The fraction of sp³-hybridized carbons (Fsp3) is 0.158. The van der Waals surface area contributed by atoms with Gasteiger partial charge >= 0.3 is 0 Å². The topological polar surface area (TPSA) is 83.6 Å². The molecule has 0 aliphatic carbocycles. The molecule has 1 aliphatic heterocycles. The van der Waals surface area contributed by atoms with Gasteiger partial charge in [-0.1, -0.05) is 17.7 Å². The van der Waals surface area contributed by atoms with Crippen molar-refractivity contribution in [3.63, 3.8) is 0 Å². The number of halogens is 1. The Bertz CT molecular complexity index is 968. The monoisotopic (exact) mass is 370 g/mol. The summed E-state index contributed by atoms with van der Waals surface area (Å²) in [5.74, 6) is -1.58. The van der Waals surface area contributed by atoms with Crippen LogP contribution < -0.4 is 10.2 Å². The van der Waals surface area contributed by atoms with Gasteiger partial charge in [0.15, 0.2) is 0 Å². The molecule has 6 nitrogen and oxygen atoms in total. The van der Waals surface area contributed by atoms with Crippen molar-refractivity contribution in [2.45, 2.75) is 20.3 Å². The van der Waals surface area contributed by atoms with Crippen molar-refractivity contribution in [2.75, 3.05) is 10.2 Å². The molecule has 1 N–H and O–H groups in total. The van der Waals surface area contributed by atoms with Gasteiger partial charge in [0, 0.05) is 5.69 Å². The van der Waals surface area contributed by atoms with Crippen molar-refractivity contribution in [1.29, 1.82) is 0 Å². The maximum Gasteiger partial charge on any atom is 0.267 e. The Morgan fingerprint density at radius 2 is 1.85 bits per heavy atom. The second kappa shape index (κ2) is 6.72. The van der Waals surface area contributed by atoms with Gasteiger partial charge in [0.2, 0.25) is 5.91 Å². The second-order valence-corrected chi connectivity index (χ2v) is 6.44. The Hall–Kier alpha value is -2.99. The number of benzene rings is 2. The van der Waals surface area contributed by atoms with Crippen LogP contribution in [0.5, 0.6) is 0 Å². The van der Waals surface area contributed by atoms with E-state index in [0.29, 0.717) is 16.9 Å². The van der Waals surface area contributed by atoms with Crippen LogP contribution >= 0.6 is 11.6 Å². The molecule has 3 rings (SSSR count). The number of carbonyl (C=O) groups excluding carboxylic acids is 4. The third-order valence-electron chi connectivity index (χ3n) is 4.00. The highest BCUT2D eigenvalue weighted by atomic mass is 35.5. The standard InChI is InChI=1S/C19H15ClN2O4/c1-10-8-12(21-16(24)9-11(2)23)6-7-15(10)22-18(25)13-4-3-5-14(20)17(13)19(22)26/h3-8H,9H2,1-2H3,(H,21,24). The summed E-state index contributed by atoms with van der Waals surface area (Å²) in [6, 6.07) is 9.54. The number of aryl methyl sites for hydroxylation is 1.